The second-order valence-corrected chi connectivity index (χ2v) is 5.60. The first-order valence-corrected chi connectivity index (χ1v) is 7.65. The molecule has 5 nitrogen and oxygen atoms in total. The van der Waals surface area contributed by atoms with Crippen LogP contribution in [-0.4, -0.2) is 9.97 Å². The number of hydrogen-bond donors (Lipinski definition) is 1. The van der Waals surface area contributed by atoms with E-state index in [1.54, 1.807) is 0 Å². The van der Waals surface area contributed by atoms with Crippen molar-refractivity contribution < 1.29 is 4.42 Å². The number of rotatable bonds is 3. The Kier molecular flexibility index (Phi) is 3.36. The van der Waals surface area contributed by atoms with E-state index in [1.165, 1.54) is 6.33 Å². The van der Waals surface area contributed by atoms with Gasteiger partial charge in [0, 0.05) is 5.39 Å². The number of hydrogen-bond acceptors (Lipinski definition) is 5. The van der Waals surface area contributed by atoms with Crippen molar-refractivity contribution in [2.24, 2.45) is 0 Å². The van der Waals surface area contributed by atoms with Crippen LogP contribution in [0.25, 0.3) is 22.1 Å². The Labute approximate surface area is 138 Å². The van der Waals surface area contributed by atoms with Crippen LogP contribution in [0.15, 0.2) is 59.3 Å². The Balaban J connectivity index is 1.72. The van der Waals surface area contributed by atoms with Crippen LogP contribution in [0.3, 0.4) is 0 Å². The van der Waals surface area contributed by atoms with Crippen LogP contribution in [0, 0.1) is 11.3 Å². The summed E-state index contributed by atoms with van der Waals surface area (Å²) in [6.45, 7) is 2.04. The number of furan rings is 1. The SMILES string of the molecule is C[C@H](Nc1ncnc2c1oc1ccccc12)c1ccc(C#N)cc1. The average molecular weight is 314 g/mol. The van der Waals surface area contributed by atoms with Gasteiger partial charge in [-0.3, -0.25) is 0 Å². The van der Waals surface area contributed by atoms with Crippen LogP contribution in [0.2, 0.25) is 0 Å². The molecule has 0 bridgehead atoms. The van der Waals surface area contributed by atoms with E-state index in [2.05, 4.69) is 21.4 Å². The quantitative estimate of drug-likeness (QED) is 0.606. The van der Waals surface area contributed by atoms with E-state index < -0.39 is 0 Å². The van der Waals surface area contributed by atoms with Crippen molar-refractivity contribution in [3.63, 3.8) is 0 Å². The Morgan fingerprint density at radius 1 is 1.08 bits per heavy atom. The molecule has 1 atom stereocenters. The zero-order valence-corrected chi connectivity index (χ0v) is 13.0. The molecule has 0 fully saturated rings. The lowest BCUT2D eigenvalue weighted by molar-refractivity contribution is 0.665. The number of aromatic nitrogens is 2. The van der Waals surface area contributed by atoms with Crippen LogP contribution in [0.4, 0.5) is 5.82 Å². The van der Waals surface area contributed by atoms with Gasteiger partial charge in [0.15, 0.2) is 11.4 Å². The third-order valence-corrected chi connectivity index (χ3v) is 4.05. The molecule has 0 amide bonds. The average Bonchev–Trinajstić information content (AvgIpc) is 3.02. The van der Waals surface area contributed by atoms with Gasteiger partial charge in [-0.25, -0.2) is 9.97 Å². The Morgan fingerprint density at radius 2 is 1.88 bits per heavy atom. The molecule has 0 aliphatic heterocycles. The fraction of sp³-hybridized carbons (Fsp3) is 0.105. The van der Waals surface area contributed by atoms with Gasteiger partial charge in [-0.15, -0.1) is 0 Å². The predicted octanol–water partition coefficient (Wildman–Crippen LogP) is 4.42. The van der Waals surface area contributed by atoms with Gasteiger partial charge in [-0.1, -0.05) is 24.3 Å². The van der Waals surface area contributed by atoms with Gasteiger partial charge < -0.3 is 9.73 Å². The van der Waals surface area contributed by atoms with Gasteiger partial charge in [0.2, 0.25) is 0 Å². The molecule has 0 saturated heterocycles. The number of fused-ring (bicyclic) bond motifs is 3. The molecule has 0 aliphatic rings. The summed E-state index contributed by atoms with van der Waals surface area (Å²) in [5.41, 5.74) is 3.96. The molecule has 0 radical (unpaired) electrons. The number of benzene rings is 2. The molecule has 0 aliphatic carbocycles. The molecule has 116 valence electrons. The second-order valence-electron chi connectivity index (χ2n) is 5.60. The maximum Gasteiger partial charge on any atom is 0.196 e. The molecule has 24 heavy (non-hydrogen) atoms. The van der Waals surface area contributed by atoms with Gasteiger partial charge in [0.05, 0.1) is 17.7 Å². The Morgan fingerprint density at radius 3 is 2.67 bits per heavy atom. The van der Waals surface area contributed by atoms with Crippen molar-refractivity contribution in [2.75, 3.05) is 5.32 Å². The predicted molar refractivity (Wildman–Crippen MR) is 92.5 cm³/mol. The summed E-state index contributed by atoms with van der Waals surface area (Å²) in [7, 11) is 0. The molecule has 1 N–H and O–H groups in total. The van der Waals surface area contributed by atoms with Gasteiger partial charge in [0.25, 0.3) is 0 Å². The third kappa shape index (κ3) is 2.34. The fourth-order valence-corrected chi connectivity index (χ4v) is 2.76. The minimum absolute atomic E-state index is 0.0176. The molecular weight excluding hydrogens is 300 g/mol. The van der Waals surface area contributed by atoms with E-state index in [4.69, 9.17) is 9.68 Å². The van der Waals surface area contributed by atoms with Crippen molar-refractivity contribution in [3.8, 4) is 6.07 Å². The highest BCUT2D eigenvalue weighted by atomic mass is 16.3. The largest absolute Gasteiger partial charge is 0.450 e. The van der Waals surface area contributed by atoms with Crippen molar-refractivity contribution in [2.45, 2.75) is 13.0 Å². The summed E-state index contributed by atoms with van der Waals surface area (Å²) in [6, 6.07) is 17.4. The Bertz CT molecular complexity index is 1060. The molecule has 0 spiro atoms. The van der Waals surface area contributed by atoms with E-state index in [0.29, 0.717) is 17.0 Å². The van der Waals surface area contributed by atoms with Gasteiger partial charge in [-0.05, 0) is 36.8 Å². The highest BCUT2D eigenvalue weighted by Gasteiger charge is 2.15. The molecule has 4 aromatic rings. The van der Waals surface area contributed by atoms with E-state index in [1.807, 2.05) is 55.5 Å². The highest BCUT2D eigenvalue weighted by molar-refractivity contribution is 6.05. The number of nitriles is 1. The minimum Gasteiger partial charge on any atom is -0.450 e. The van der Waals surface area contributed by atoms with Crippen LogP contribution in [0.5, 0.6) is 0 Å². The lowest BCUT2D eigenvalue weighted by Crippen LogP contribution is -2.08. The molecule has 2 aromatic carbocycles. The van der Waals surface area contributed by atoms with Gasteiger partial charge in [-0.2, -0.15) is 5.26 Å². The minimum atomic E-state index is 0.0176. The maximum atomic E-state index is 8.89. The normalized spacial score (nSPS) is 12.2. The summed E-state index contributed by atoms with van der Waals surface area (Å²) < 4.78 is 5.93. The van der Waals surface area contributed by atoms with Crippen molar-refractivity contribution >= 4 is 27.9 Å². The maximum absolute atomic E-state index is 8.89. The van der Waals surface area contributed by atoms with Gasteiger partial charge in [0.1, 0.15) is 17.4 Å². The lowest BCUT2D eigenvalue weighted by Gasteiger charge is -2.14. The summed E-state index contributed by atoms with van der Waals surface area (Å²) >= 11 is 0. The fourth-order valence-electron chi connectivity index (χ4n) is 2.76. The number of nitrogens with one attached hydrogen (secondary N) is 1. The van der Waals surface area contributed by atoms with Crippen LogP contribution in [0.1, 0.15) is 24.1 Å². The molecule has 0 unspecified atom stereocenters. The standard InChI is InChI=1S/C19H14N4O/c1-12(14-8-6-13(10-20)7-9-14)23-19-18-17(21-11-22-19)15-4-2-3-5-16(15)24-18/h2-9,11-12H,1H3,(H,21,22,23)/t12-/m0/s1. The van der Waals surface area contributed by atoms with Crippen molar-refractivity contribution in [3.05, 3.63) is 66.0 Å². The monoisotopic (exact) mass is 314 g/mol. The number of nitrogens with zero attached hydrogens (tertiary/aromatic N) is 3. The first-order chi connectivity index (χ1) is 11.8. The molecule has 0 saturated carbocycles. The third-order valence-electron chi connectivity index (χ3n) is 4.05. The molecule has 5 heteroatoms. The number of para-hydroxylation sites is 1. The van der Waals surface area contributed by atoms with Crippen LogP contribution >= 0.6 is 0 Å². The smallest absolute Gasteiger partial charge is 0.196 e. The second kappa shape index (κ2) is 5.67. The molecular formula is C19H14N4O. The van der Waals surface area contributed by atoms with E-state index in [-0.39, 0.29) is 6.04 Å². The topological polar surface area (TPSA) is 74.7 Å². The first-order valence-electron chi connectivity index (χ1n) is 7.65. The van der Waals surface area contributed by atoms with Crippen molar-refractivity contribution in [1.82, 2.24) is 9.97 Å². The van der Waals surface area contributed by atoms with Gasteiger partial charge >= 0.3 is 0 Å². The summed E-state index contributed by atoms with van der Waals surface area (Å²) in [6.07, 6.45) is 1.54. The summed E-state index contributed by atoms with van der Waals surface area (Å²) in [4.78, 5) is 8.68. The molecule has 2 heterocycles. The first kappa shape index (κ1) is 14.2. The van der Waals surface area contributed by atoms with Crippen molar-refractivity contribution in [1.29, 1.82) is 5.26 Å². The molecule has 4 rings (SSSR count). The van der Waals surface area contributed by atoms with E-state index >= 15 is 0 Å². The zero-order valence-electron chi connectivity index (χ0n) is 13.0. The van der Waals surface area contributed by atoms with Crippen LogP contribution in [-0.2, 0) is 0 Å². The number of anilines is 1. The zero-order chi connectivity index (χ0) is 16.5. The lowest BCUT2D eigenvalue weighted by atomic mass is 10.1. The molecule has 2 aromatic heterocycles. The summed E-state index contributed by atoms with van der Waals surface area (Å²) in [5.74, 6) is 0.660. The Hall–Kier alpha value is -3.39. The van der Waals surface area contributed by atoms with E-state index in [9.17, 15) is 0 Å². The van der Waals surface area contributed by atoms with Crippen LogP contribution < -0.4 is 5.32 Å². The van der Waals surface area contributed by atoms with E-state index in [0.717, 1.165) is 22.0 Å². The summed E-state index contributed by atoms with van der Waals surface area (Å²) in [5, 5.41) is 13.2. The highest BCUT2D eigenvalue weighted by Crippen LogP contribution is 2.31.